The predicted octanol–water partition coefficient (Wildman–Crippen LogP) is 3.35. The van der Waals surface area contributed by atoms with Crippen molar-refractivity contribution in [2.75, 3.05) is 0 Å². The van der Waals surface area contributed by atoms with Crippen LogP contribution in [-0.2, 0) is 4.79 Å². The Hall–Kier alpha value is -2.82. The SMILES string of the molecule is O=C(O)CC(=O)c1cc(-c2ccc3occc3c2)co1. The van der Waals surface area contributed by atoms with Crippen molar-refractivity contribution in [2.45, 2.75) is 6.42 Å². The summed E-state index contributed by atoms with van der Waals surface area (Å²) in [5.41, 5.74) is 2.37. The Kier molecular flexibility index (Phi) is 2.87. The average Bonchev–Trinajstić information content (AvgIpc) is 3.06. The van der Waals surface area contributed by atoms with E-state index in [1.807, 2.05) is 24.3 Å². The van der Waals surface area contributed by atoms with Crippen molar-refractivity contribution in [2.24, 2.45) is 0 Å². The molecule has 1 aromatic carbocycles. The molecule has 0 atom stereocenters. The lowest BCUT2D eigenvalue weighted by molar-refractivity contribution is -0.135. The van der Waals surface area contributed by atoms with Gasteiger partial charge in [-0.2, -0.15) is 0 Å². The number of carbonyl (C=O) groups is 2. The monoisotopic (exact) mass is 270 g/mol. The van der Waals surface area contributed by atoms with Gasteiger partial charge in [0, 0.05) is 10.9 Å². The van der Waals surface area contributed by atoms with Crippen molar-refractivity contribution in [1.82, 2.24) is 0 Å². The van der Waals surface area contributed by atoms with Gasteiger partial charge in [-0.25, -0.2) is 0 Å². The van der Waals surface area contributed by atoms with Gasteiger partial charge < -0.3 is 13.9 Å². The number of carboxylic acids is 1. The quantitative estimate of drug-likeness (QED) is 0.580. The van der Waals surface area contributed by atoms with Gasteiger partial charge in [0.1, 0.15) is 12.0 Å². The second-order valence-electron chi connectivity index (χ2n) is 4.37. The third-order valence-corrected chi connectivity index (χ3v) is 2.97. The van der Waals surface area contributed by atoms with Gasteiger partial charge in [-0.15, -0.1) is 0 Å². The Balaban J connectivity index is 1.92. The highest BCUT2D eigenvalue weighted by atomic mass is 16.4. The topological polar surface area (TPSA) is 80.6 Å². The zero-order valence-corrected chi connectivity index (χ0v) is 10.3. The lowest BCUT2D eigenvalue weighted by Gasteiger charge is -1.96. The molecule has 0 amide bonds. The summed E-state index contributed by atoms with van der Waals surface area (Å²) in [6.45, 7) is 0. The van der Waals surface area contributed by atoms with Crippen LogP contribution in [0.2, 0.25) is 0 Å². The highest BCUT2D eigenvalue weighted by molar-refractivity contribution is 6.04. The number of benzene rings is 1. The fourth-order valence-electron chi connectivity index (χ4n) is 2.00. The Morgan fingerprint density at radius 3 is 2.70 bits per heavy atom. The molecule has 3 rings (SSSR count). The van der Waals surface area contributed by atoms with Crippen LogP contribution >= 0.6 is 0 Å². The molecule has 0 saturated heterocycles. The van der Waals surface area contributed by atoms with Crippen LogP contribution in [0.15, 0.2) is 51.7 Å². The van der Waals surface area contributed by atoms with Gasteiger partial charge in [0.25, 0.3) is 0 Å². The molecule has 0 aliphatic rings. The minimum Gasteiger partial charge on any atom is -0.481 e. The molecule has 1 N–H and O–H groups in total. The lowest BCUT2D eigenvalue weighted by Crippen LogP contribution is -2.05. The number of rotatable bonds is 4. The lowest BCUT2D eigenvalue weighted by atomic mass is 10.1. The molecule has 2 aromatic heterocycles. The van der Waals surface area contributed by atoms with E-state index in [0.29, 0.717) is 0 Å². The maximum Gasteiger partial charge on any atom is 0.311 e. The maximum atomic E-state index is 11.6. The molecule has 0 spiro atoms. The summed E-state index contributed by atoms with van der Waals surface area (Å²) in [6.07, 6.45) is 2.47. The van der Waals surface area contributed by atoms with Crippen LogP contribution in [0.25, 0.3) is 22.1 Å². The third-order valence-electron chi connectivity index (χ3n) is 2.97. The molecule has 3 aromatic rings. The molecule has 5 nitrogen and oxygen atoms in total. The van der Waals surface area contributed by atoms with Crippen LogP contribution in [0.1, 0.15) is 17.0 Å². The molecule has 0 aliphatic heterocycles. The fourth-order valence-corrected chi connectivity index (χ4v) is 2.00. The second-order valence-corrected chi connectivity index (χ2v) is 4.37. The number of carboxylic acid groups (broad SMARTS) is 1. The van der Waals surface area contributed by atoms with Crippen molar-refractivity contribution in [3.63, 3.8) is 0 Å². The van der Waals surface area contributed by atoms with Crippen LogP contribution in [-0.4, -0.2) is 16.9 Å². The Morgan fingerprint density at radius 2 is 1.90 bits per heavy atom. The van der Waals surface area contributed by atoms with E-state index in [4.69, 9.17) is 13.9 Å². The summed E-state index contributed by atoms with van der Waals surface area (Å²) in [5.74, 6) is -1.67. The standard InChI is InChI=1S/C15H10O5/c16-12(7-15(17)18)14-6-11(8-20-14)9-1-2-13-10(5-9)3-4-19-13/h1-6,8H,7H2,(H,17,18). The molecule has 5 heteroatoms. The van der Waals surface area contributed by atoms with E-state index in [9.17, 15) is 9.59 Å². The molecular formula is C15H10O5. The van der Waals surface area contributed by atoms with Gasteiger partial charge in [-0.3, -0.25) is 9.59 Å². The van der Waals surface area contributed by atoms with Crippen LogP contribution in [0.4, 0.5) is 0 Å². The van der Waals surface area contributed by atoms with Gasteiger partial charge in [-0.1, -0.05) is 6.07 Å². The summed E-state index contributed by atoms with van der Waals surface area (Å²) in [5, 5.41) is 9.54. The first-order valence-corrected chi connectivity index (χ1v) is 5.94. The van der Waals surface area contributed by atoms with E-state index in [-0.39, 0.29) is 5.76 Å². The van der Waals surface area contributed by atoms with Gasteiger partial charge in [0.2, 0.25) is 5.78 Å². The van der Waals surface area contributed by atoms with E-state index < -0.39 is 18.2 Å². The zero-order chi connectivity index (χ0) is 14.1. The minimum atomic E-state index is -1.17. The van der Waals surface area contributed by atoms with Crippen molar-refractivity contribution in [3.8, 4) is 11.1 Å². The molecule has 0 aliphatic carbocycles. The number of carbonyl (C=O) groups excluding carboxylic acids is 1. The molecule has 2 heterocycles. The van der Waals surface area contributed by atoms with Gasteiger partial charge in [0.15, 0.2) is 5.76 Å². The largest absolute Gasteiger partial charge is 0.481 e. The van der Waals surface area contributed by atoms with E-state index in [0.717, 1.165) is 22.1 Å². The number of aliphatic carboxylic acids is 1. The Labute approximate surface area is 113 Å². The van der Waals surface area contributed by atoms with Crippen molar-refractivity contribution < 1.29 is 23.5 Å². The summed E-state index contributed by atoms with van der Waals surface area (Å²) < 4.78 is 10.4. The Morgan fingerprint density at radius 1 is 1.05 bits per heavy atom. The summed E-state index contributed by atoms with van der Waals surface area (Å²) in [6, 6.07) is 8.98. The number of hydrogen-bond donors (Lipinski definition) is 1. The van der Waals surface area contributed by atoms with Crippen molar-refractivity contribution in [3.05, 3.63) is 48.6 Å². The van der Waals surface area contributed by atoms with Crippen LogP contribution < -0.4 is 0 Å². The molecule has 0 saturated carbocycles. The van der Waals surface area contributed by atoms with E-state index >= 15 is 0 Å². The number of furan rings is 2. The first-order chi connectivity index (χ1) is 9.63. The Bertz CT molecular complexity index is 793. The third kappa shape index (κ3) is 2.21. The number of hydrogen-bond acceptors (Lipinski definition) is 4. The van der Waals surface area contributed by atoms with Gasteiger partial charge in [0.05, 0.1) is 12.5 Å². The van der Waals surface area contributed by atoms with Gasteiger partial charge >= 0.3 is 5.97 Å². The number of Topliss-reactive ketones (excluding diaryl/α,β-unsaturated/α-hetero) is 1. The highest BCUT2D eigenvalue weighted by Crippen LogP contribution is 2.27. The first-order valence-electron chi connectivity index (χ1n) is 5.94. The summed E-state index contributed by atoms with van der Waals surface area (Å²) >= 11 is 0. The smallest absolute Gasteiger partial charge is 0.311 e. The molecular weight excluding hydrogens is 260 g/mol. The predicted molar refractivity (Wildman–Crippen MR) is 70.5 cm³/mol. The molecule has 20 heavy (non-hydrogen) atoms. The molecule has 100 valence electrons. The molecule has 0 radical (unpaired) electrons. The molecule has 0 fully saturated rings. The highest BCUT2D eigenvalue weighted by Gasteiger charge is 2.15. The fraction of sp³-hybridized carbons (Fsp3) is 0.0667. The van der Waals surface area contributed by atoms with Gasteiger partial charge in [-0.05, 0) is 29.8 Å². The van der Waals surface area contributed by atoms with E-state index in [1.165, 1.54) is 6.26 Å². The van der Waals surface area contributed by atoms with Crippen LogP contribution in [0.3, 0.4) is 0 Å². The van der Waals surface area contributed by atoms with Crippen molar-refractivity contribution in [1.29, 1.82) is 0 Å². The molecule has 0 bridgehead atoms. The molecule has 0 unspecified atom stereocenters. The first kappa shape index (κ1) is 12.2. The van der Waals surface area contributed by atoms with Crippen LogP contribution in [0.5, 0.6) is 0 Å². The number of ketones is 1. The maximum absolute atomic E-state index is 11.6. The van der Waals surface area contributed by atoms with E-state index in [2.05, 4.69) is 0 Å². The summed E-state index contributed by atoms with van der Waals surface area (Å²) in [7, 11) is 0. The summed E-state index contributed by atoms with van der Waals surface area (Å²) in [4.78, 5) is 22.1. The average molecular weight is 270 g/mol. The van der Waals surface area contributed by atoms with Crippen LogP contribution in [0, 0.1) is 0 Å². The van der Waals surface area contributed by atoms with Crippen molar-refractivity contribution >= 4 is 22.7 Å². The van der Waals surface area contributed by atoms with E-state index in [1.54, 1.807) is 12.3 Å². The normalized spacial score (nSPS) is 10.8. The number of fused-ring (bicyclic) bond motifs is 1. The minimum absolute atomic E-state index is 0.0506. The second kappa shape index (κ2) is 4.70. The zero-order valence-electron chi connectivity index (χ0n) is 10.3.